The van der Waals surface area contributed by atoms with E-state index < -0.39 is 12.3 Å². The van der Waals surface area contributed by atoms with E-state index in [2.05, 4.69) is 34.2 Å². The van der Waals surface area contributed by atoms with Crippen molar-refractivity contribution in [2.24, 2.45) is 23.7 Å². The van der Waals surface area contributed by atoms with Crippen molar-refractivity contribution in [2.75, 3.05) is 0 Å². The van der Waals surface area contributed by atoms with E-state index in [1.807, 2.05) is 24.3 Å². The van der Waals surface area contributed by atoms with E-state index >= 15 is 8.78 Å². The minimum absolute atomic E-state index is 0.0887. The lowest BCUT2D eigenvalue weighted by Crippen LogP contribution is -2.25. The summed E-state index contributed by atoms with van der Waals surface area (Å²) in [6, 6.07) is 7.92. The average molecular weight is 639 g/mol. The van der Waals surface area contributed by atoms with E-state index in [0.717, 1.165) is 113 Å². The number of halogens is 2. The fraction of sp³-hybridized carbons (Fsp3) is 0.769. The second-order valence-corrected chi connectivity index (χ2v) is 14.6. The number of Topliss-reactive ketones (excluding diaryl/α,β-unsaturated/α-hetero) is 1. The number of carbonyl (C=O) groups is 1. The molecule has 0 amide bonds. The maximum absolute atomic E-state index is 15.1. The third kappa shape index (κ3) is 12.7. The second-order valence-electron chi connectivity index (χ2n) is 14.6. The molecule has 7 heteroatoms. The normalized spacial score (nSPS) is 23.2. The highest BCUT2D eigenvalue weighted by atomic mass is 19.1. The monoisotopic (exact) mass is 638 g/mol. The Morgan fingerprint density at radius 1 is 0.609 bits per heavy atom. The van der Waals surface area contributed by atoms with Crippen molar-refractivity contribution in [3.63, 3.8) is 0 Å². The summed E-state index contributed by atoms with van der Waals surface area (Å²) in [6.07, 6.45) is 18.7. The molecule has 2 fully saturated rings. The minimum atomic E-state index is -0.870. The molecule has 0 saturated heterocycles. The van der Waals surface area contributed by atoms with Gasteiger partial charge in [-0.15, -0.1) is 0 Å². The molecule has 0 bridgehead atoms. The molecule has 0 aromatic carbocycles. The summed E-state index contributed by atoms with van der Waals surface area (Å²) in [4.78, 5) is 12.7. The molecule has 0 radical (unpaired) electrons. The van der Waals surface area contributed by atoms with Crippen molar-refractivity contribution in [2.45, 2.75) is 167 Å². The van der Waals surface area contributed by atoms with Gasteiger partial charge in [-0.25, -0.2) is 8.78 Å². The van der Waals surface area contributed by atoms with E-state index in [4.69, 9.17) is 0 Å². The molecule has 0 aliphatic heterocycles. The first-order valence-corrected chi connectivity index (χ1v) is 18.9. The summed E-state index contributed by atoms with van der Waals surface area (Å²) in [5.41, 5.74) is 3.51. The number of carbonyl (C=O) groups excluding carboxylic acids is 1. The lowest BCUT2D eigenvalue weighted by molar-refractivity contribution is -0.119. The fourth-order valence-electron chi connectivity index (χ4n) is 7.64. The Kier molecular flexibility index (Phi) is 16.0. The van der Waals surface area contributed by atoms with Crippen LogP contribution in [0.3, 0.4) is 0 Å². The smallest absolute Gasteiger partial charge is 0.132 e. The zero-order valence-electron chi connectivity index (χ0n) is 28.8. The Hall–Kier alpha value is -2.31. The molecule has 5 nitrogen and oxygen atoms in total. The predicted octanol–water partition coefficient (Wildman–Crippen LogP) is 9.94. The van der Waals surface area contributed by atoms with Gasteiger partial charge in [-0.1, -0.05) is 65.2 Å². The third-order valence-electron chi connectivity index (χ3n) is 10.9. The summed E-state index contributed by atoms with van der Waals surface area (Å²) < 4.78 is 30.2. The molecule has 2 aromatic heterocycles. The highest BCUT2D eigenvalue weighted by Gasteiger charge is 2.30. The summed E-state index contributed by atoms with van der Waals surface area (Å²) >= 11 is 0. The van der Waals surface area contributed by atoms with Crippen LogP contribution in [0.5, 0.6) is 0 Å². The molecule has 2 atom stereocenters. The Labute approximate surface area is 277 Å². The number of unbranched alkanes of at least 4 members (excludes halogenated alkanes) is 4. The van der Waals surface area contributed by atoms with E-state index in [9.17, 15) is 4.79 Å². The lowest BCUT2D eigenvalue weighted by atomic mass is 9.76. The van der Waals surface area contributed by atoms with Gasteiger partial charge in [-0.3, -0.25) is 4.79 Å². The standard InChI is InChI=1S/C39H60F2N4O/c1-3-5-7-9-33-21-23-35(44-42-33)27-38(40)31-17-11-29(12-18-31)15-25-37(46)26-16-30-13-19-32(20-14-30)39(41)28-36-24-22-34(43-45-36)10-8-6-4-2/h21-24,29-32,38-39H,3-20,25-28H2,1-2H3. The van der Waals surface area contributed by atoms with Gasteiger partial charge >= 0.3 is 0 Å². The van der Waals surface area contributed by atoms with Crippen molar-refractivity contribution in [3.8, 4) is 0 Å². The number of aromatic nitrogens is 4. The van der Waals surface area contributed by atoms with Crippen molar-refractivity contribution < 1.29 is 13.6 Å². The van der Waals surface area contributed by atoms with Gasteiger partial charge in [0.15, 0.2) is 0 Å². The first-order valence-electron chi connectivity index (χ1n) is 18.9. The van der Waals surface area contributed by atoms with Crippen molar-refractivity contribution >= 4 is 5.78 Å². The van der Waals surface area contributed by atoms with Crippen LogP contribution in [-0.4, -0.2) is 38.5 Å². The van der Waals surface area contributed by atoms with Gasteiger partial charge in [0, 0.05) is 25.7 Å². The number of alkyl halides is 2. The Morgan fingerprint density at radius 3 is 1.33 bits per heavy atom. The summed E-state index contributed by atoms with van der Waals surface area (Å²) in [5.74, 6) is 1.61. The van der Waals surface area contributed by atoms with Crippen LogP contribution in [0.25, 0.3) is 0 Å². The van der Waals surface area contributed by atoms with Crippen LogP contribution < -0.4 is 0 Å². The van der Waals surface area contributed by atoms with Gasteiger partial charge in [-0.05, 0) is 112 Å². The minimum Gasteiger partial charge on any atom is -0.300 e. The zero-order chi connectivity index (χ0) is 32.6. The molecule has 0 spiro atoms. The molecule has 4 rings (SSSR count). The molecule has 2 aliphatic carbocycles. The quantitative estimate of drug-likeness (QED) is 0.135. The summed E-state index contributed by atoms with van der Waals surface area (Å²) in [7, 11) is 0. The van der Waals surface area contributed by atoms with Gasteiger partial charge in [0.1, 0.15) is 18.1 Å². The molecule has 2 heterocycles. The molecule has 2 aromatic rings. The highest BCUT2D eigenvalue weighted by Crippen LogP contribution is 2.37. The Bertz CT molecular complexity index is 1020. The van der Waals surface area contributed by atoms with Crippen LogP contribution in [0, 0.1) is 23.7 Å². The largest absolute Gasteiger partial charge is 0.300 e. The number of hydrogen-bond acceptors (Lipinski definition) is 5. The molecular formula is C39H60F2N4O. The average Bonchev–Trinajstić information content (AvgIpc) is 3.08. The van der Waals surface area contributed by atoms with Gasteiger partial charge < -0.3 is 0 Å². The molecule has 2 unspecified atom stereocenters. The second kappa shape index (κ2) is 20.1. The first kappa shape index (κ1) is 36.5. The number of nitrogens with zero attached hydrogens (tertiary/aromatic N) is 4. The van der Waals surface area contributed by atoms with Crippen LogP contribution in [0.4, 0.5) is 8.78 Å². The van der Waals surface area contributed by atoms with E-state index in [0.29, 0.717) is 43.3 Å². The van der Waals surface area contributed by atoms with Gasteiger partial charge in [0.2, 0.25) is 0 Å². The maximum Gasteiger partial charge on any atom is 0.132 e. The lowest BCUT2D eigenvalue weighted by Gasteiger charge is -2.31. The fourth-order valence-corrected chi connectivity index (χ4v) is 7.64. The van der Waals surface area contributed by atoms with E-state index in [1.165, 1.54) is 25.7 Å². The van der Waals surface area contributed by atoms with E-state index in [1.54, 1.807) is 0 Å². The maximum atomic E-state index is 15.1. The summed E-state index contributed by atoms with van der Waals surface area (Å²) in [5, 5.41) is 17.2. The van der Waals surface area contributed by atoms with Crippen LogP contribution in [0.1, 0.15) is 152 Å². The van der Waals surface area contributed by atoms with Crippen molar-refractivity contribution in [3.05, 3.63) is 47.0 Å². The first-order chi connectivity index (χ1) is 22.4. The number of aryl methyl sites for hydroxylation is 2. The molecular weight excluding hydrogens is 578 g/mol. The Morgan fingerprint density at radius 2 is 0.978 bits per heavy atom. The zero-order valence-corrected chi connectivity index (χ0v) is 28.8. The number of ketones is 1. The van der Waals surface area contributed by atoms with Crippen molar-refractivity contribution in [1.82, 2.24) is 20.4 Å². The third-order valence-corrected chi connectivity index (χ3v) is 10.9. The predicted molar refractivity (Wildman–Crippen MR) is 182 cm³/mol. The SMILES string of the molecule is CCCCCc1ccc(CC(F)C2CCC(CCC(=O)CCC3CCC(C(F)Cc4ccc(CCCCC)nn4)CC3)CC2)nn1. The van der Waals surface area contributed by atoms with E-state index in [-0.39, 0.29) is 11.8 Å². The molecule has 0 N–H and O–H groups in total. The van der Waals surface area contributed by atoms with Gasteiger partial charge in [-0.2, -0.15) is 20.4 Å². The topological polar surface area (TPSA) is 68.6 Å². The van der Waals surface area contributed by atoms with Crippen molar-refractivity contribution in [1.29, 1.82) is 0 Å². The summed E-state index contributed by atoms with van der Waals surface area (Å²) in [6.45, 7) is 4.38. The number of rotatable bonds is 20. The van der Waals surface area contributed by atoms with Crippen LogP contribution >= 0.6 is 0 Å². The van der Waals surface area contributed by atoms with Crippen LogP contribution in [0.15, 0.2) is 24.3 Å². The molecule has 2 aliphatic rings. The highest BCUT2D eigenvalue weighted by molar-refractivity contribution is 5.78. The molecule has 2 saturated carbocycles. The molecule has 256 valence electrons. The number of hydrogen-bond donors (Lipinski definition) is 0. The van der Waals surface area contributed by atoms with Gasteiger partial charge in [0.05, 0.1) is 22.8 Å². The van der Waals surface area contributed by atoms with Gasteiger partial charge in [0.25, 0.3) is 0 Å². The Balaban J connectivity index is 1.04. The molecule has 46 heavy (non-hydrogen) atoms. The van der Waals surface area contributed by atoms with Crippen LogP contribution in [0.2, 0.25) is 0 Å². The van der Waals surface area contributed by atoms with Crippen LogP contribution in [-0.2, 0) is 30.5 Å².